The number of ether oxygens (including phenoxy) is 17. The van der Waals surface area contributed by atoms with Gasteiger partial charge in [0.05, 0.1) is 47.7 Å². The molecule has 100 heavy (non-hydrogen) atoms. The minimum atomic E-state index is -1.78. The van der Waals surface area contributed by atoms with E-state index in [0.29, 0.717) is 49.7 Å². The van der Waals surface area contributed by atoms with Gasteiger partial charge in [0.25, 0.3) is 0 Å². The van der Waals surface area contributed by atoms with Gasteiger partial charge in [-0.1, -0.05) is 82.3 Å². The number of carbonyl (C=O) groups excluding carboxylic acids is 7. The van der Waals surface area contributed by atoms with Crippen molar-refractivity contribution in [2.75, 3.05) is 27.4 Å². The van der Waals surface area contributed by atoms with Crippen LogP contribution in [-0.2, 0) is 99.7 Å². The van der Waals surface area contributed by atoms with Crippen molar-refractivity contribution in [2.24, 2.45) is 52.3 Å². The summed E-state index contributed by atoms with van der Waals surface area (Å²) in [6.45, 7) is 17.4. The fourth-order valence-electron chi connectivity index (χ4n) is 19.0. The predicted octanol–water partition coefficient (Wildman–Crippen LogP) is 9.48. The van der Waals surface area contributed by atoms with Crippen LogP contribution in [0, 0.1) is 52.3 Å². The Kier molecular flexibility index (Phi) is 22.3. The Morgan fingerprint density at radius 1 is 0.470 bits per heavy atom. The van der Waals surface area contributed by atoms with Crippen LogP contribution in [0.25, 0.3) is 0 Å². The smallest absolute Gasteiger partial charge is 0.338 e. The molecule has 0 unspecified atom stereocenters. The maximum atomic E-state index is 15.2. The van der Waals surface area contributed by atoms with Gasteiger partial charge in [-0.3, -0.25) is 19.2 Å². The number of hydrogen-bond donors (Lipinski definition) is 0. The summed E-state index contributed by atoms with van der Waals surface area (Å²) >= 11 is 0. The van der Waals surface area contributed by atoms with Crippen LogP contribution in [0.15, 0.2) is 91.0 Å². The Morgan fingerprint density at radius 2 is 0.960 bits per heavy atom. The maximum Gasteiger partial charge on any atom is 0.338 e. The summed E-state index contributed by atoms with van der Waals surface area (Å²) in [5.41, 5.74) is 0.230. The first-order valence-electron chi connectivity index (χ1n) is 35.6. The maximum absolute atomic E-state index is 15.2. The van der Waals surface area contributed by atoms with Gasteiger partial charge in [-0.25, -0.2) is 14.4 Å². The summed E-state index contributed by atoms with van der Waals surface area (Å²) in [6.07, 6.45) is -16.1. The van der Waals surface area contributed by atoms with E-state index in [2.05, 4.69) is 27.7 Å². The van der Waals surface area contributed by atoms with Crippen LogP contribution in [0.1, 0.15) is 158 Å². The molecule has 5 aliphatic heterocycles. The molecule has 0 bridgehead atoms. The zero-order valence-corrected chi connectivity index (χ0v) is 59.2. The van der Waals surface area contributed by atoms with Crippen LogP contribution in [-0.4, -0.2) is 185 Å². The molecule has 9 aliphatic rings. The van der Waals surface area contributed by atoms with Crippen LogP contribution in [0.3, 0.4) is 0 Å². The molecular weight excluding hydrogens is 1300 g/mol. The average Bonchev–Trinajstić information content (AvgIpc) is 1.49. The topological polar surface area (TPSA) is 276 Å². The van der Waals surface area contributed by atoms with Gasteiger partial charge in [-0.2, -0.15) is 0 Å². The van der Waals surface area contributed by atoms with Crippen molar-refractivity contribution in [3.05, 3.63) is 108 Å². The number of hydrogen-bond acceptors (Lipinski definition) is 24. The number of esters is 7. The van der Waals surface area contributed by atoms with Crippen molar-refractivity contribution in [2.45, 2.75) is 243 Å². The van der Waals surface area contributed by atoms with Crippen LogP contribution in [0.5, 0.6) is 0 Å². The molecule has 24 heteroatoms. The second kappa shape index (κ2) is 30.5. The Hall–Kier alpha value is -6.45. The molecule has 28 atom stereocenters. The SMILES string of the molecule is CO[C@@H]1[C@@H](OC(C)=O)[C@@H](OC(C)=O)[C@H](O[C@H]2[C@H](O[C@H]3CC[C@@]4(C)[C@H](C3)[C@@H](OC(=O)c3ccccc3)C[C@@H]3[C@@H]4CC[C@]4(C)[C@@H]5[C@H](C[C@@H]34)O[C@]3(CC[C@@H](C)CO3)[C@H]5C)O[C@H](COC(=O)c3ccccc3)[C@@H](O[C@@H]3O[C@@H](C)[C@H](OC)[C@@H](OC(C)=O)[C@H]3OC(C)=O)[C@@H]2OC(=O)c2ccccc2)O[C@H]1C. The first kappa shape index (κ1) is 73.3. The first-order chi connectivity index (χ1) is 47.8. The van der Waals surface area contributed by atoms with Crippen LogP contribution in [0.2, 0.25) is 0 Å². The van der Waals surface area contributed by atoms with Gasteiger partial charge < -0.3 is 80.5 Å². The first-order valence-corrected chi connectivity index (χ1v) is 35.6. The van der Waals surface area contributed by atoms with E-state index in [0.717, 1.165) is 46.0 Å². The summed E-state index contributed by atoms with van der Waals surface area (Å²) in [5.74, 6) is -4.49. The Labute approximate surface area is 584 Å². The van der Waals surface area contributed by atoms with Crippen molar-refractivity contribution in [3.63, 3.8) is 0 Å². The zero-order chi connectivity index (χ0) is 71.1. The highest BCUT2D eigenvalue weighted by atomic mass is 16.8. The van der Waals surface area contributed by atoms with Gasteiger partial charge in [0, 0.05) is 60.2 Å². The lowest BCUT2D eigenvalue weighted by Gasteiger charge is -2.63. The largest absolute Gasteiger partial charge is 0.459 e. The minimum absolute atomic E-state index is 0.0319. The normalized spacial score (nSPS) is 41.1. The molecular formula is C76H98O24. The monoisotopic (exact) mass is 1390 g/mol. The van der Waals surface area contributed by atoms with E-state index in [4.69, 9.17) is 80.5 Å². The predicted molar refractivity (Wildman–Crippen MR) is 351 cm³/mol. The van der Waals surface area contributed by atoms with Gasteiger partial charge in [-0.15, -0.1) is 0 Å². The van der Waals surface area contributed by atoms with Crippen LogP contribution < -0.4 is 0 Å². The molecule has 4 saturated carbocycles. The van der Waals surface area contributed by atoms with E-state index >= 15 is 4.79 Å². The van der Waals surface area contributed by atoms with E-state index in [1.807, 2.05) is 18.2 Å². The molecule has 3 aromatic rings. The van der Waals surface area contributed by atoms with Crippen molar-refractivity contribution < 1.29 is 114 Å². The molecule has 1 spiro atoms. The fraction of sp³-hybridized carbons (Fsp3) is 0.671. The van der Waals surface area contributed by atoms with E-state index in [9.17, 15) is 28.8 Å². The van der Waals surface area contributed by atoms with Crippen LogP contribution >= 0.6 is 0 Å². The van der Waals surface area contributed by atoms with Crippen molar-refractivity contribution in [1.82, 2.24) is 0 Å². The zero-order valence-electron chi connectivity index (χ0n) is 59.2. The van der Waals surface area contributed by atoms with E-state index < -0.39 is 164 Å². The lowest BCUT2D eigenvalue weighted by molar-refractivity contribution is -0.389. The van der Waals surface area contributed by atoms with Crippen molar-refractivity contribution >= 4 is 41.8 Å². The molecule has 4 aliphatic carbocycles. The summed E-state index contributed by atoms with van der Waals surface area (Å²) < 4.78 is 111. The second-order valence-corrected chi connectivity index (χ2v) is 29.6. The van der Waals surface area contributed by atoms with E-state index in [1.165, 1.54) is 40.2 Å². The van der Waals surface area contributed by atoms with Crippen molar-refractivity contribution in [1.29, 1.82) is 0 Å². The molecule has 0 radical (unpaired) electrons. The highest BCUT2D eigenvalue weighted by Gasteiger charge is 2.71. The molecule has 24 nitrogen and oxygen atoms in total. The standard InChI is InChI=1S/C76H98O24/c1-39-28-33-76(87-37-39)40(2)58-56(100-76)36-53-51-35-55(95-69(82)48-24-18-14-19-25-48)54-34-50(29-31-74(54,9)52(51)30-32-75(53,58)10)94-73-67(99-72-66(93-46(8)80)63(91-44(6)78)60(85-12)42(4)89-72)64(97-70(83)49-26-20-15-21-27-49)61(57(96-73)38-86-68(81)47-22-16-13-17-23-47)98-71-65(92-45(7)79)62(90-43(5)77)59(84-11)41(3)88-71/h13-27,39-42,50-67,71-73H,28-38H2,1-12H3/t39-,40+,41+,42+,50+,51-,52+,53+,54-,55+,56+,57-,58+,59+,60+,61-,62-,63-,64+,65-,66-,67-,71+,72+,73-,74-,75+,76-/m1/s1. The van der Waals surface area contributed by atoms with Crippen LogP contribution in [0.4, 0.5) is 0 Å². The number of carbonyl (C=O) groups is 7. The highest BCUT2D eigenvalue weighted by Crippen LogP contribution is 2.72. The number of benzene rings is 3. The summed E-state index contributed by atoms with van der Waals surface area (Å²) in [4.78, 5) is 96.7. The highest BCUT2D eigenvalue weighted by molar-refractivity contribution is 5.90. The van der Waals surface area contributed by atoms with E-state index in [1.54, 1.807) is 74.5 Å². The number of rotatable bonds is 19. The van der Waals surface area contributed by atoms with Gasteiger partial charge in [0.15, 0.2) is 61.3 Å². The minimum Gasteiger partial charge on any atom is -0.459 e. The third kappa shape index (κ3) is 14.8. The molecule has 3 aromatic carbocycles. The van der Waals surface area contributed by atoms with E-state index in [-0.39, 0.29) is 52.2 Å². The Bertz CT molecular complexity index is 3370. The van der Waals surface area contributed by atoms with Gasteiger partial charge in [-0.05, 0) is 142 Å². The molecule has 0 amide bonds. The van der Waals surface area contributed by atoms with Crippen molar-refractivity contribution in [3.8, 4) is 0 Å². The summed E-state index contributed by atoms with van der Waals surface area (Å²) in [5, 5.41) is 0. The van der Waals surface area contributed by atoms with Gasteiger partial charge in [0.2, 0.25) is 0 Å². The molecule has 5 saturated heterocycles. The molecule has 12 rings (SSSR count). The third-order valence-corrected chi connectivity index (χ3v) is 23.5. The molecule has 0 N–H and O–H groups in total. The molecule has 9 fully saturated rings. The second-order valence-electron chi connectivity index (χ2n) is 29.6. The summed E-state index contributed by atoms with van der Waals surface area (Å²) in [6, 6.07) is 25.3. The Balaban J connectivity index is 0.950. The number of methoxy groups -OCH3 is 2. The lowest BCUT2D eigenvalue weighted by atomic mass is 9.43. The quantitative estimate of drug-likeness (QED) is 0.0613. The Morgan fingerprint density at radius 3 is 1.48 bits per heavy atom. The van der Waals surface area contributed by atoms with Gasteiger partial charge >= 0.3 is 41.8 Å². The third-order valence-electron chi connectivity index (χ3n) is 23.5. The molecule has 0 aromatic heterocycles. The fourth-order valence-corrected chi connectivity index (χ4v) is 19.0. The summed E-state index contributed by atoms with van der Waals surface area (Å²) in [7, 11) is 2.75. The average molecular weight is 1400 g/mol. The molecule has 5 heterocycles. The lowest BCUT2D eigenvalue weighted by Crippen LogP contribution is -2.68. The number of fused-ring (bicyclic) bond motifs is 7. The molecule has 546 valence electrons. The van der Waals surface area contributed by atoms with Gasteiger partial charge in [0.1, 0.15) is 37.1 Å².